The summed E-state index contributed by atoms with van der Waals surface area (Å²) in [7, 11) is 0. The van der Waals surface area contributed by atoms with E-state index in [2.05, 4.69) is 30.0 Å². The average molecular weight is 197 g/mol. The molecule has 2 heterocycles. The highest BCUT2D eigenvalue weighted by Gasteiger charge is 2.31. The molecule has 0 aromatic heterocycles. The highest BCUT2D eigenvalue weighted by Crippen LogP contribution is 2.13. The normalized spacial score (nSPS) is 24.1. The Morgan fingerprint density at radius 1 is 1.54 bits per heavy atom. The van der Waals surface area contributed by atoms with Crippen LogP contribution in [0.5, 0.6) is 0 Å². The molecule has 0 radical (unpaired) electrons. The minimum absolute atomic E-state index is 0.0305. The highest BCUT2D eigenvalue weighted by atomic mass is 35.5. The Kier molecular flexibility index (Phi) is 1.80. The van der Waals surface area contributed by atoms with Crippen LogP contribution in [0, 0.1) is 5.53 Å². The van der Waals surface area contributed by atoms with Crippen molar-refractivity contribution in [3.8, 4) is 0 Å². The number of hydrogen-bond acceptors (Lipinski definition) is 6. The predicted octanol–water partition coefficient (Wildman–Crippen LogP) is 0.353. The van der Waals surface area contributed by atoms with Crippen LogP contribution in [0.25, 0.3) is 0 Å². The van der Waals surface area contributed by atoms with Crippen molar-refractivity contribution in [1.82, 2.24) is 4.91 Å². The second-order valence-electron chi connectivity index (χ2n) is 2.21. The molecular formula is C5H3ClN7+. The van der Waals surface area contributed by atoms with Gasteiger partial charge < -0.3 is 0 Å². The van der Waals surface area contributed by atoms with Crippen molar-refractivity contribution in [3.05, 3.63) is 0 Å². The number of nitrogens with one attached hydrogen (secondary N) is 1. The van der Waals surface area contributed by atoms with Crippen molar-refractivity contribution in [2.45, 2.75) is 6.04 Å². The summed E-state index contributed by atoms with van der Waals surface area (Å²) in [6.45, 7) is 0. The molecule has 0 amide bonds. The minimum atomic E-state index is -0.448. The van der Waals surface area contributed by atoms with E-state index in [4.69, 9.17) is 17.1 Å². The van der Waals surface area contributed by atoms with Crippen LogP contribution in [0.3, 0.4) is 0 Å². The summed E-state index contributed by atoms with van der Waals surface area (Å²) >= 11 is 5.58. The van der Waals surface area contributed by atoms with E-state index in [0.717, 1.165) is 0 Å². The number of fused-ring (bicyclic) bond motifs is 1. The summed E-state index contributed by atoms with van der Waals surface area (Å²) in [5, 5.41) is 3.49. The molecule has 0 spiro atoms. The molecule has 1 N–H and O–H groups in total. The zero-order valence-corrected chi connectivity index (χ0v) is 6.97. The summed E-state index contributed by atoms with van der Waals surface area (Å²) in [5.41, 5.74) is 6.56. The molecule has 2 rings (SSSR count). The SMILES string of the molecule is N=[N+]=NC1=NC(Cl)=NC2=NC=NC21. The van der Waals surface area contributed by atoms with Gasteiger partial charge in [0.2, 0.25) is 10.2 Å². The van der Waals surface area contributed by atoms with Gasteiger partial charge in [0.25, 0.3) is 5.84 Å². The van der Waals surface area contributed by atoms with Gasteiger partial charge in [-0.25, -0.2) is 4.99 Å². The lowest BCUT2D eigenvalue weighted by atomic mass is 10.2. The molecule has 2 aliphatic rings. The van der Waals surface area contributed by atoms with E-state index < -0.39 is 6.04 Å². The first-order chi connectivity index (χ1) is 6.31. The third-order valence-electron chi connectivity index (χ3n) is 1.46. The van der Waals surface area contributed by atoms with Gasteiger partial charge in [0.15, 0.2) is 17.0 Å². The molecule has 7 nitrogen and oxygen atoms in total. The lowest BCUT2D eigenvalue weighted by molar-refractivity contribution is 0.977. The van der Waals surface area contributed by atoms with E-state index >= 15 is 0 Å². The third-order valence-corrected chi connectivity index (χ3v) is 1.63. The molecule has 0 aromatic carbocycles. The fourth-order valence-electron chi connectivity index (χ4n) is 0.972. The number of rotatable bonds is 0. The first kappa shape index (κ1) is 7.90. The number of nitrogens with zero attached hydrogens (tertiary/aromatic N) is 6. The summed E-state index contributed by atoms with van der Waals surface area (Å²) in [6, 6.07) is -0.448. The molecule has 0 bridgehead atoms. The lowest BCUT2D eigenvalue weighted by Crippen LogP contribution is -2.28. The van der Waals surface area contributed by atoms with Gasteiger partial charge in [-0.2, -0.15) is 9.98 Å². The Hall–Kier alpha value is -1.72. The maximum absolute atomic E-state index is 6.56. The van der Waals surface area contributed by atoms with Crippen molar-refractivity contribution in [1.29, 1.82) is 5.53 Å². The molecule has 0 saturated heterocycles. The smallest absolute Gasteiger partial charge is 0.253 e. The van der Waals surface area contributed by atoms with Crippen molar-refractivity contribution in [2.75, 3.05) is 0 Å². The predicted molar refractivity (Wildman–Crippen MR) is 47.7 cm³/mol. The fourth-order valence-corrected chi connectivity index (χ4v) is 1.15. The van der Waals surface area contributed by atoms with Gasteiger partial charge in [-0.15, -0.1) is 0 Å². The number of hydrogen-bond donors (Lipinski definition) is 1. The number of halogens is 1. The van der Waals surface area contributed by atoms with Crippen LogP contribution in [0.1, 0.15) is 0 Å². The molecule has 0 fully saturated rings. The van der Waals surface area contributed by atoms with Crippen molar-refractivity contribution in [2.24, 2.45) is 25.1 Å². The Morgan fingerprint density at radius 3 is 3.15 bits per heavy atom. The summed E-state index contributed by atoms with van der Waals surface area (Å²) in [5.74, 6) is 0.671. The van der Waals surface area contributed by atoms with Gasteiger partial charge >= 0.3 is 0 Å². The van der Waals surface area contributed by atoms with Crippen LogP contribution in [0.15, 0.2) is 25.1 Å². The molecule has 1 atom stereocenters. The summed E-state index contributed by atoms with van der Waals surface area (Å²) in [6.07, 6.45) is 1.36. The topological polar surface area (TPSA) is 99.8 Å². The Balaban J connectivity index is 2.46. The molecule has 1 unspecified atom stereocenters. The van der Waals surface area contributed by atoms with Gasteiger partial charge in [0.1, 0.15) is 11.9 Å². The zero-order chi connectivity index (χ0) is 9.26. The highest BCUT2D eigenvalue weighted by molar-refractivity contribution is 6.67. The Morgan fingerprint density at radius 2 is 2.38 bits per heavy atom. The van der Waals surface area contributed by atoms with E-state index in [0.29, 0.717) is 5.84 Å². The van der Waals surface area contributed by atoms with E-state index in [-0.39, 0.29) is 11.1 Å². The van der Waals surface area contributed by atoms with Crippen LogP contribution >= 0.6 is 11.6 Å². The van der Waals surface area contributed by atoms with Gasteiger partial charge in [-0.1, -0.05) is 0 Å². The van der Waals surface area contributed by atoms with Crippen LogP contribution in [-0.2, 0) is 0 Å². The van der Waals surface area contributed by atoms with Gasteiger partial charge in [0, 0.05) is 0 Å². The standard InChI is InChI=1S/C5H3ClN7/c6-5-10-3-2(8-1-9-3)4(11-5)12-13-7/h1-2,7H/q+1. The molecule has 8 heteroatoms. The van der Waals surface area contributed by atoms with Crippen molar-refractivity contribution in [3.63, 3.8) is 0 Å². The lowest BCUT2D eigenvalue weighted by Gasteiger charge is -2.06. The maximum Gasteiger partial charge on any atom is 0.253 e. The summed E-state index contributed by atoms with van der Waals surface area (Å²) < 4.78 is 0. The quantitative estimate of drug-likeness (QED) is 0.329. The molecule has 13 heavy (non-hydrogen) atoms. The molecule has 64 valence electrons. The molecule has 0 aliphatic carbocycles. The van der Waals surface area contributed by atoms with Crippen LogP contribution in [0.4, 0.5) is 0 Å². The van der Waals surface area contributed by atoms with E-state index in [1.54, 1.807) is 0 Å². The zero-order valence-electron chi connectivity index (χ0n) is 6.22. The van der Waals surface area contributed by atoms with Crippen molar-refractivity contribution < 1.29 is 0 Å². The Bertz CT molecular complexity index is 411. The first-order valence-corrected chi connectivity index (χ1v) is 3.68. The molecule has 0 aromatic rings. The molecular weight excluding hydrogens is 194 g/mol. The van der Waals surface area contributed by atoms with Gasteiger partial charge in [-0.05, 0) is 11.6 Å². The van der Waals surface area contributed by atoms with Crippen LogP contribution in [-0.4, -0.2) is 29.3 Å². The first-order valence-electron chi connectivity index (χ1n) is 3.31. The van der Waals surface area contributed by atoms with Crippen LogP contribution in [0.2, 0.25) is 0 Å². The van der Waals surface area contributed by atoms with Gasteiger partial charge in [-0.3, -0.25) is 4.99 Å². The Labute approximate surface area is 77.2 Å². The van der Waals surface area contributed by atoms with E-state index in [9.17, 15) is 0 Å². The molecule has 2 aliphatic heterocycles. The maximum atomic E-state index is 6.56. The average Bonchev–Trinajstić information content (AvgIpc) is 2.52. The summed E-state index contributed by atoms with van der Waals surface area (Å²) in [4.78, 5) is 18.2. The second kappa shape index (κ2) is 2.96. The number of amidine groups is 3. The fraction of sp³-hybridized carbons (Fsp3) is 0.200. The third kappa shape index (κ3) is 1.30. The van der Waals surface area contributed by atoms with E-state index in [1.807, 2.05) is 0 Å². The largest absolute Gasteiger partial charge is 0.253 e. The van der Waals surface area contributed by atoms with Crippen molar-refractivity contribution >= 4 is 34.9 Å². The van der Waals surface area contributed by atoms with Gasteiger partial charge in [0.05, 0.1) is 0 Å². The minimum Gasteiger partial charge on any atom is -0.253 e. The van der Waals surface area contributed by atoms with E-state index in [1.165, 1.54) is 6.34 Å². The number of aliphatic imine (C=N–C) groups is 4. The monoisotopic (exact) mass is 196 g/mol. The molecule has 0 saturated carbocycles. The van der Waals surface area contributed by atoms with Crippen LogP contribution < -0.4 is 4.91 Å². The second-order valence-corrected chi connectivity index (χ2v) is 2.54.